The molecule has 0 heterocycles. The van der Waals surface area contributed by atoms with Crippen molar-refractivity contribution in [2.24, 2.45) is 0 Å². The largest absolute Gasteiger partial charge is 0.105 e. The van der Waals surface area contributed by atoms with E-state index < -0.39 is 0 Å². The van der Waals surface area contributed by atoms with E-state index in [4.69, 9.17) is 10.7 Å². The minimum atomic E-state index is 0.952. The lowest BCUT2D eigenvalue weighted by molar-refractivity contribution is 1.16. The highest BCUT2D eigenvalue weighted by molar-refractivity contribution is 8.21. The van der Waals surface area contributed by atoms with Crippen molar-refractivity contribution < 1.29 is 0 Å². The molecule has 0 N–H and O–H groups in total. The first-order chi connectivity index (χ1) is 8.99. The van der Waals surface area contributed by atoms with Crippen LogP contribution in [0.15, 0.2) is 35.2 Å². The van der Waals surface area contributed by atoms with Gasteiger partial charge >= 0.3 is 0 Å². The van der Waals surface area contributed by atoms with Gasteiger partial charge in [0.15, 0.2) is 0 Å². The summed E-state index contributed by atoms with van der Waals surface area (Å²) >= 11 is 0. The standard InChI is InChI=1S/C16H18ClPS/c1-10-4-11(2)6-13(5-10)8-14-9-15(19-17)7-12(3)16(14)18/h4-7,9H,8,18H2,1-3H3. The SMILES string of the molecule is Cc1cc(C)cc(Cc2cc(SCl)cc(C)c2P)c1. The van der Waals surface area contributed by atoms with Crippen LogP contribution >= 0.6 is 30.9 Å². The van der Waals surface area contributed by atoms with Gasteiger partial charge in [0.05, 0.1) is 0 Å². The van der Waals surface area contributed by atoms with Crippen LogP contribution in [-0.2, 0) is 6.42 Å². The topological polar surface area (TPSA) is 0 Å². The van der Waals surface area contributed by atoms with Crippen molar-refractivity contribution in [2.75, 3.05) is 0 Å². The summed E-state index contributed by atoms with van der Waals surface area (Å²) in [4.78, 5) is 1.12. The Kier molecular flexibility index (Phi) is 4.95. The van der Waals surface area contributed by atoms with E-state index in [1.54, 1.807) is 0 Å². The molecule has 2 aromatic rings. The van der Waals surface area contributed by atoms with Gasteiger partial charge in [0.1, 0.15) is 0 Å². The first-order valence-corrected chi connectivity index (χ1v) is 8.46. The summed E-state index contributed by atoms with van der Waals surface area (Å²) < 4.78 is 0. The van der Waals surface area contributed by atoms with E-state index in [0.29, 0.717) is 0 Å². The lowest BCUT2D eigenvalue weighted by Gasteiger charge is -2.12. The molecule has 0 bridgehead atoms. The molecule has 2 aromatic carbocycles. The summed E-state index contributed by atoms with van der Waals surface area (Å²) in [5.41, 5.74) is 6.60. The van der Waals surface area contributed by atoms with Gasteiger partial charge in [-0.1, -0.05) is 29.3 Å². The molecule has 1 unspecified atom stereocenters. The third-order valence-corrected chi connectivity index (χ3v) is 4.99. The van der Waals surface area contributed by atoms with Gasteiger partial charge in [-0.3, -0.25) is 0 Å². The van der Waals surface area contributed by atoms with Crippen LogP contribution < -0.4 is 5.30 Å². The number of aryl methyl sites for hydroxylation is 3. The summed E-state index contributed by atoms with van der Waals surface area (Å²) in [5.74, 6) is 0. The molecule has 0 amide bonds. The molecule has 0 aliphatic carbocycles. The van der Waals surface area contributed by atoms with Crippen molar-refractivity contribution in [2.45, 2.75) is 32.1 Å². The van der Waals surface area contributed by atoms with Crippen LogP contribution in [0.4, 0.5) is 0 Å². The van der Waals surface area contributed by atoms with Crippen LogP contribution in [0.5, 0.6) is 0 Å². The first-order valence-electron chi connectivity index (χ1n) is 6.24. The quantitative estimate of drug-likeness (QED) is 0.723. The monoisotopic (exact) mass is 308 g/mol. The molecule has 0 aromatic heterocycles. The fraction of sp³-hybridized carbons (Fsp3) is 0.250. The summed E-state index contributed by atoms with van der Waals surface area (Å²) in [6.07, 6.45) is 0.952. The molecule has 0 aliphatic heterocycles. The summed E-state index contributed by atoms with van der Waals surface area (Å²) in [6, 6.07) is 11.0. The Balaban J connectivity index is 2.39. The zero-order chi connectivity index (χ0) is 14.0. The Labute approximate surface area is 126 Å². The molecular weight excluding hydrogens is 291 g/mol. The zero-order valence-corrected chi connectivity index (χ0v) is 14.2. The van der Waals surface area contributed by atoms with Crippen molar-refractivity contribution >= 4 is 36.2 Å². The Morgan fingerprint density at radius 1 is 1.00 bits per heavy atom. The fourth-order valence-electron chi connectivity index (χ4n) is 2.42. The summed E-state index contributed by atoms with van der Waals surface area (Å²) in [7, 11) is 10.0. The van der Waals surface area contributed by atoms with E-state index >= 15 is 0 Å². The molecule has 0 fully saturated rings. The van der Waals surface area contributed by atoms with Gasteiger partial charge in [0.2, 0.25) is 0 Å². The highest BCUT2D eigenvalue weighted by atomic mass is 35.7. The van der Waals surface area contributed by atoms with E-state index in [-0.39, 0.29) is 0 Å². The number of benzene rings is 2. The van der Waals surface area contributed by atoms with Crippen LogP contribution in [0, 0.1) is 20.8 Å². The van der Waals surface area contributed by atoms with Crippen LogP contribution in [0.2, 0.25) is 0 Å². The van der Waals surface area contributed by atoms with Gasteiger partial charge in [-0.25, -0.2) is 0 Å². The maximum Gasteiger partial charge on any atom is 0.0239 e. The predicted molar refractivity (Wildman–Crippen MR) is 91.0 cm³/mol. The maximum atomic E-state index is 5.89. The molecule has 19 heavy (non-hydrogen) atoms. The van der Waals surface area contributed by atoms with E-state index in [2.05, 4.69) is 60.3 Å². The molecule has 3 heteroatoms. The highest BCUT2D eigenvalue weighted by Crippen LogP contribution is 2.26. The molecule has 0 spiro atoms. The average molecular weight is 309 g/mol. The fourth-order valence-corrected chi connectivity index (χ4v) is 3.36. The summed E-state index contributed by atoms with van der Waals surface area (Å²) in [5, 5.41) is 1.29. The van der Waals surface area contributed by atoms with E-state index in [0.717, 1.165) is 11.3 Å². The van der Waals surface area contributed by atoms with Crippen LogP contribution in [0.25, 0.3) is 0 Å². The normalized spacial score (nSPS) is 10.8. The van der Waals surface area contributed by atoms with Gasteiger partial charge in [-0.2, -0.15) is 0 Å². The van der Waals surface area contributed by atoms with Gasteiger partial charge in [0.25, 0.3) is 0 Å². The lowest BCUT2D eigenvalue weighted by Crippen LogP contribution is -2.07. The second-order valence-corrected chi connectivity index (χ2v) is 6.73. The van der Waals surface area contributed by atoms with Gasteiger partial charge in [0, 0.05) is 4.90 Å². The maximum absolute atomic E-state index is 5.89. The van der Waals surface area contributed by atoms with Crippen LogP contribution in [0.1, 0.15) is 27.8 Å². The number of hydrogen-bond donors (Lipinski definition) is 0. The van der Waals surface area contributed by atoms with Crippen LogP contribution in [0.3, 0.4) is 0 Å². The third kappa shape index (κ3) is 3.75. The van der Waals surface area contributed by atoms with Crippen LogP contribution in [-0.4, -0.2) is 0 Å². The average Bonchev–Trinajstić information content (AvgIpc) is 2.33. The van der Waals surface area contributed by atoms with E-state index in [9.17, 15) is 0 Å². The number of rotatable bonds is 3. The molecule has 100 valence electrons. The third-order valence-electron chi connectivity index (χ3n) is 3.21. The number of hydrogen-bond acceptors (Lipinski definition) is 1. The molecule has 0 saturated carbocycles. The minimum Gasteiger partial charge on any atom is -0.105 e. The molecule has 0 saturated heterocycles. The highest BCUT2D eigenvalue weighted by Gasteiger charge is 2.07. The first kappa shape index (κ1) is 14.9. The van der Waals surface area contributed by atoms with E-state index in [1.807, 2.05) is 0 Å². The molecule has 0 nitrogen and oxygen atoms in total. The van der Waals surface area contributed by atoms with Gasteiger partial charge in [-0.05, 0) is 83.0 Å². The zero-order valence-electron chi connectivity index (χ0n) is 11.5. The van der Waals surface area contributed by atoms with Gasteiger partial charge < -0.3 is 0 Å². The Hall–Kier alpha value is -0.490. The van der Waals surface area contributed by atoms with E-state index in [1.165, 1.54) is 44.1 Å². The summed E-state index contributed by atoms with van der Waals surface area (Å²) in [6.45, 7) is 6.42. The smallest absolute Gasteiger partial charge is 0.0239 e. The molecular formula is C16H18ClPS. The molecule has 1 atom stereocenters. The Morgan fingerprint density at radius 2 is 1.63 bits per heavy atom. The molecule has 0 aliphatic rings. The van der Waals surface area contributed by atoms with Crippen molar-refractivity contribution in [3.05, 3.63) is 58.1 Å². The second-order valence-electron chi connectivity index (χ2n) is 5.06. The Bertz CT molecular complexity index is 588. The Morgan fingerprint density at radius 3 is 2.21 bits per heavy atom. The van der Waals surface area contributed by atoms with Crippen molar-refractivity contribution in [1.29, 1.82) is 0 Å². The molecule has 2 rings (SSSR count). The number of halogens is 1. The van der Waals surface area contributed by atoms with Gasteiger partial charge in [-0.15, -0.1) is 9.24 Å². The van der Waals surface area contributed by atoms with Crippen molar-refractivity contribution in [1.82, 2.24) is 0 Å². The minimum absolute atomic E-state index is 0.952. The molecule has 0 radical (unpaired) electrons. The predicted octanol–water partition coefficient (Wildman–Crippen LogP) is 4.95. The van der Waals surface area contributed by atoms with Crippen molar-refractivity contribution in [3.8, 4) is 0 Å². The van der Waals surface area contributed by atoms with Crippen molar-refractivity contribution in [3.63, 3.8) is 0 Å². The lowest BCUT2D eigenvalue weighted by atomic mass is 9.99. The second kappa shape index (κ2) is 6.31.